The SMILES string of the molecule is O=[N+]([O-])c1ccc(F)cc1-c1nc(I)no1. The molecule has 0 aliphatic heterocycles. The highest BCUT2D eigenvalue weighted by Gasteiger charge is 2.20. The zero-order chi connectivity index (χ0) is 11.7. The molecule has 0 unspecified atom stereocenters. The molecule has 0 amide bonds. The van der Waals surface area contributed by atoms with Gasteiger partial charge < -0.3 is 4.52 Å². The second kappa shape index (κ2) is 4.12. The second-order valence-electron chi connectivity index (χ2n) is 2.79. The summed E-state index contributed by atoms with van der Waals surface area (Å²) in [6.07, 6.45) is 0. The van der Waals surface area contributed by atoms with E-state index in [1.807, 2.05) is 0 Å². The zero-order valence-electron chi connectivity index (χ0n) is 7.55. The molecule has 6 nitrogen and oxygen atoms in total. The molecule has 1 aromatic heterocycles. The van der Waals surface area contributed by atoms with Crippen molar-refractivity contribution in [2.75, 3.05) is 0 Å². The first-order valence-electron chi connectivity index (χ1n) is 4.01. The molecular formula is C8H3FIN3O3. The number of nitrogens with zero attached hydrogens (tertiary/aromatic N) is 3. The van der Waals surface area contributed by atoms with Crippen molar-refractivity contribution < 1.29 is 13.8 Å². The lowest BCUT2D eigenvalue weighted by Crippen LogP contribution is -1.93. The number of hydrogen-bond acceptors (Lipinski definition) is 5. The van der Waals surface area contributed by atoms with Gasteiger partial charge in [-0.3, -0.25) is 10.1 Å². The van der Waals surface area contributed by atoms with Gasteiger partial charge in [0.25, 0.3) is 11.6 Å². The summed E-state index contributed by atoms with van der Waals surface area (Å²) in [5.74, 6) is -0.676. The second-order valence-corrected chi connectivity index (χ2v) is 3.75. The summed E-state index contributed by atoms with van der Waals surface area (Å²) in [5, 5.41) is 14.2. The molecule has 0 aliphatic rings. The largest absolute Gasteiger partial charge is 0.333 e. The van der Waals surface area contributed by atoms with Crippen LogP contribution < -0.4 is 0 Å². The number of nitro groups is 1. The number of benzene rings is 1. The number of nitro benzene ring substituents is 1. The number of hydrogen-bond donors (Lipinski definition) is 0. The Morgan fingerprint density at radius 1 is 1.50 bits per heavy atom. The topological polar surface area (TPSA) is 82.1 Å². The molecule has 82 valence electrons. The minimum absolute atomic E-state index is 0.0274. The minimum Gasteiger partial charge on any atom is -0.333 e. The Morgan fingerprint density at radius 2 is 2.25 bits per heavy atom. The maximum absolute atomic E-state index is 13.0. The van der Waals surface area contributed by atoms with Crippen molar-refractivity contribution in [1.29, 1.82) is 0 Å². The van der Waals surface area contributed by atoms with Crippen LogP contribution in [-0.4, -0.2) is 15.1 Å². The molecular weight excluding hydrogens is 332 g/mol. The summed E-state index contributed by atoms with van der Waals surface area (Å²) in [7, 11) is 0. The van der Waals surface area contributed by atoms with E-state index in [0.29, 0.717) is 3.83 Å². The fraction of sp³-hybridized carbons (Fsp3) is 0. The molecule has 0 radical (unpaired) electrons. The van der Waals surface area contributed by atoms with E-state index in [9.17, 15) is 14.5 Å². The average Bonchev–Trinajstić information content (AvgIpc) is 2.64. The highest BCUT2D eigenvalue weighted by Crippen LogP contribution is 2.29. The van der Waals surface area contributed by atoms with Crippen LogP contribution in [0.25, 0.3) is 11.5 Å². The van der Waals surface area contributed by atoms with E-state index < -0.39 is 10.7 Å². The molecule has 0 spiro atoms. The van der Waals surface area contributed by atoms with Crippen LogP contribution in [0.2, 0.25) is 0 Å². The third-order valence-corrected chi connectivity index (χ3v) is 2.23. The summed E-state index contributed by atoms with van der Waals surface area (Å²) < 4.78 is 18.0. The number of aromatic nitrogens is 2. The normalized spacial score (nSPS) is 10.4. The molecule has 2 rings (SSSR count). The van der Waals surface area contributed by atoms with Gasteiger partial charge in [0.15, 0.2) is 0 Å². The first-order valence-corrected chi connectivity index (χ1v) is 5.09. The van der Waals surface area contributed by atoms with Crippen LogP contribution in [0.3, 0.4) is 0 Å². The molecule has 8 heteroatoms. The van der Waals surface area contributed by atoms with Gasteiger partial charge in [-0.05, 0) is 12.1 Å². The van der Waals surface area contributed by atoms with Gasteiger partial charge in [0, 0.05) is 28.7 Å². The Labute approximate surface area is 102 Å². The Kier molecular flexibility index (Phi) is 2.81. The number of halogens is 2. The number of rotatable bonds is 2. The summed E-state index contributed by atoms with van der Waals surface area (Å²) >= 11 is 1.79. The van der Waals surface area contributed by atoms with Gasteiger partial charge in [-0.2, -0.15) is 4.98 Å². The predicted molar refractivity (Wildman–Crippen MR) is 59.1 cm³/mol. The van der Waals surface area contributed by atoms with E-state index in [0.717, 1.165) is 18.2 Å². The summed E-state index contributed by atoms with van der Waals surface area (Å²) in [6.45, 7) is 0. The third-order valence-electron chi connectivity index (χ3n) is 1.79. The van der Waals surface area contributed by atoms with Gasteiger partial charge in [0.1, 0.15) is 11.4 Å². The Hall–Kier alpha value is -1.58. The Morgan fingerprint density at radius 3 is 2.81 bits per heavy atom. The fourth-order valence-electron chi connectivity index (χ4n) is 1.15. The quantitative estimate of drug-likeness (QED) is 0.478. The van der Waals surface area contributed by atoms with Crippen LogP contribution in [0.5, 0.6) is 0 Å². The van der Waals surface area contributed by atoms with E-state index in [1.165, 1.54) is 0 Å². The molecule has 0 saturated carbocycles. The predicted octanol–water partition coefficient (Wildman–Crippen LogP) is 2.39. The molecule has 0 bridgehead atoms. The molecule has 0 N–H and O–H groups in total. The van der Waals surface area contributed by atoms with Crippen molar-refractivity contribution in [3.05, 3.63) is 38.0 Å². The van der Waals surface area contributed by atoms with E-state index in [4.69, 9.17) is 4.52 Å². The van der Waals surface area contributed by atoms with Crippen molar-refractivity contribution in [3.8, 4) is 11.5 Å². The van der Waals surface area contributed by atoms with Gasteiger partial charge in [0.05, 0.1) is 4.92 Å². The van der Waals surface area contributed by atoms with Crippen LogP contribution in [0, 0.1) is 19.8 Å². The third kappa shape index (κ3) is 2.01. The Bertz CT molecular complexity index is 557. The molecule has 1 heterocycles. The first kappa shape index (κ1) is 10.9. The van der Waals surface area contributed by atoms with E-state index in [1.54, 1.807) is 22.6 Å². The summed E-state index contributed by atoms with van der Waals surface area (Å²) in [6, 6.07) is 3.05. The fourth-order valence-corrected chi connectivity index (χ4v) is 1.47. The van der Waals surface area contributed by atoms with Gasteiger partial charge in [0.2, 0.25) is 3.83 Å². The smallest absolute Gasteiger partial charge is 0.282 e. The van der Waals surface area contributed by atoms with Crippen LogP contribution in [0.4, 0.5) is 10.1 Å². The van der Waals surface area contributed by atoms with Crippen LogP contribution in [-0.2, 0) is 0 Å². The Balaban J connectivity index is 2.62. The summed E-state index contributed by atoms with van der Waals surface area (Å²) in [4.78, 5) is 13.9. The van der Waals surface area contributed by atoms with Crippen LogP contribution >= 0.6 is 22.6 Å². The van der Waals surface area contributed by atoms with Crippen LogP contribution in [0.15, 0.2) is 22.7 Å². The molecule has 16 heavy (non-hydrogen) atoms. The highest BCUT2D eigenvalue weighted by atomic mass is 127. The zero-order valence-corrected chi connectivity index (χ0v) is 9.71. The molecule has 0 saturated heterocycles. The molecule has 2 aromatic rings. The molecule has 1 aromatic carbocycles. The van der Waals surface area contributed by atoms with Gasteiger partial charge in [-0.15, -0.1) is 0 Å². The monoisotopic (exact) mass is 335 g/mol. The molecule has 0 aliphatic carbocycles. The standard InChI is InChI=1S/C8H3FIN3O3/c9-4-1-2-6(13(14)15)5(3-4)7-11-8(10)12-16-7/h1-3H. The van der Waals surface area contributed by atoms with Crippen molar-refractivity contribution in [1.82, 2.24) is 10.1 Å². The molecule has 0 atom stereocenters. The van der Waals surface area contributed by atoms with Gasteiger partial charge >= 0.3 is 0 Å². The lowest BCUT2D eigenvalue weighted by atomic mass is 10.2. The highest BCUT2D eigenvalue weighted by molar-refractivity contribution is 14.1. The average molecular weight is 335 g/mol. The first-order chi connectivity index (χ1) is 7.58. The van der Waals surface area contributed by atoms with Gasteiger partial charge in [-0.25, -0.2) is 4.39 Å². The van der Waals surface area contributed by atoms with E-state index >= 15 is 0 Å². The van der Waals surface area contributed by atoms with E-state index in [2.05, 4.69) is 10.1 Å². The summed E-state index contributed by atoms with van der Waals surface area (Å²) in [5.41, 5.74) is -0.304. The minimum atomic E-state index is -0.633. The van der Waals surface area contributed by atoms with Crippen LogP contribution in [0.1, 0.15) is 0 Å². The van der Waals surface area contributed by atoms with Crippen molar-refractivity contribution in [2.24, 2.45) is 0 Å². The van der Waals surface area contributed by atoms with Crippen molar-refractivity contribution in [2.45, 2.75) is 0 Å². The lowest BCUT2D eigenvalue weighted by molar-refractivity contribution is -0.384. The maximum atomic E-state index is 13.0. The van der Waals surface area contributed by atoms with Crippen molar-refractivity contribution in [3.63, 3.8) is 0 Å². The van der Waals surface area contributed by atoms with E-state index in [-0.39, 0.29) is 17.1 Å². The maximum Gasteiger partial charge on any atom is 0.282 e. The molecule has 0 fully saturated rings. The van der Waals surface area contributed by atoms with Crippen molar-refractivity contribution >= 4 is 28.3 Å². The van der Waals surface area contributed by atoms with Gasteiger partial charge in [-0.1, -0.05) is 5.16 Å². The lowest BCUT2D eigenvalue weighted by Gasteiger charge is -1.97.